The van der Waals surface area contributed by atoms with Crippen molar-refractivity contribution in [3.05, 3.63) is 64.4 Å². The zero-order chi connectivity index (χ0) is 13.8. The van der Waals surface area contributed by atoms with Crippen molar-refractivity contribution in [1.29, 1.82) is 0 Å². The van der Waals surface area contributed by atoms with Crippen molar-refractivity contribution in [1.82, 2.24) is 0 Å². The quantitative estimate of drug-likeness (QED) is 0.902. The van der Waals surface area contributed by atoms with E-state index in [2.05, 4.69) is 5.32 Å². The summed E-state index contributed by atoms with van der Waals surface area (Å²) in [6.07, 6.45) is 0. The number of halogens is 2. The van der Waals surface area contributed by atoms with Crippen molar-refractivity contribution in [2.24, 2.45) is 5.73 Å². The number of primary amides is 1. The number of hydrogen-bond acceptors (Lipinski definition) is 2. The molecule has 3 nitrogen and oxygen atoms in total. The standard InChI is InChI=1S/C14H12ClFN2O/c15-12-7-10(16)5-6-13(12)18-8-9-3-1-2-4-11(9)14(17)19/h1-7,18H,8H2,(H2,17,19). The van der Waals surface area contributed by atoms with Crippen LogP contribution in [0, 0.1) is 5.82 Å². The molecule has 0 aliphatic heterocycles. The lowest BCUT2D eigenvalue weighted by atomic mass is 10.1. The summed E-state index contributed by atoms with van der Waals surface area (Å²) in [6.45, 7) is 0.379. The molecule has 0 aliphatic rings. The Morgan fingerprint density at radius 3 is 2.68 bits per heavy atom. The molecule has 2 aromatic carbocycles. The van der Waals surface area contributed by atoms with Crippen LogP contribution in [0.25, 0.3) is 0 Å². The number of amides is 1. The van der Waals surface area contributed by atoms with Crippen LogP contribution >= 0.6 is 11.6 Å². The molecule has 3 N–H and O–H groups in total. The molecule has 0 radical (unpaired) electrons. The Balaban J connectivity index is 2.17. The molecule has 0 aromatic heterocycles. The summed E-state index contributed by atoms with van der Waals surface area (Å²) in [4.78, 5) is 11.3. The van der Waals surface area contributed by atoms with Crippen molar-refractivity contribution in [2.45, 2.75) is 6.54 Å². The number of nitrogens with one attached hydrogen (secondary N) is 1. The number of carbonyl (C=O) groups is 1. The van der Waals surface area contributed by atoms with E-state index in [0.717, 1.165) is 5.56 Å². The fourth-order valence-electron chi connectivity index (χ4n) is 1.74. The van der Waals surface area contributed by atoms with Crippen molar-refractivity contribution in [2.75, 3.05) is 5.32 Å². The van der Waals surface area contributed by atoms with Gasteiger partial charge in [0.1, 0.15) is 5.82 Å². The summed E-state index contributed by atoms with van der Waals surface area (Å²) in [6, 6.07) is 11.1. The third-order valence-electron chi connectivity index (χ3n) is 2.68. The second-order valence-electron chi connectivity index (χ2n) is 4.00. The molecule has 0 bridgehead atoms. The normalized spacial score (nSPS) is 10.2. The predicted molar refractivity (Wildman–Crippen MR) is 73.7 cm³/mol. The third kappa shape index (κ3) is 3.23. The van der Waals surface area contributed by atoms with Gasteiger partial charge >= 0.3 is 0 Å². The molecule has 0 saturated carbocycles. The van der Waals surface area contributed by atoms with Crippen LogP contribution in [-0.2, 0) is 6.54 Å². The highest BCUT2D eigenvalue weighted by molar-refractivity contribution is 6.33. The largest absolute Gasteiger partial charge is 0.380 e. The lowest BCUT2D eigenvalue weighted by Crippen LogP contribution is -2.15. The van der Waals surface area contributed by atoms with E-state index in [9.17, 15) is 9.18 Å². The first-order valence-corrected chi connectivity index (χ1v) is 6.02. The van der Waals surface area contributed by atoms with Crippen LogP contribution in [0.1, 0.15) is 15.9 Å². The SMILES string of the molecule is NC(=O)c1ccccc1CNc1ccc(F)cc1Cl. The highest BCUT2D eigenvalue weighted by Crippen LogP contribution is 2.23. The van der Waals surface area contributed by atoms with E-state index in [4.69, 9.17) is 17.3 Å². The van der Waals surface area contributed by atoms with E-state index in [0.29, 0.717) is 17.8 Å². The van der Waals surface area contributed by atoms with Gasteiger partial charge in [0.25, 0.3) is 0 Å². The Morgan fingerprint density at radius 1 is 1.26 bits per heavy atom. The summed E-state index contributed by atoms with van der Waals surface area (Å²) in [5.41, 5.74) is 7.10. The summed E-state index contributed by atoms with van der Waals surface area (Å²) in [5.74, 6) is -0.879. The van der Waals surface area contributed by atoms with E-state index in [1.165, 1.54) is 12.1 Å². The highest BCUT2D eigenvalue weighted by Gasteiger charge is 2.07. The van der Waals surface area contributed by atoms with Gasteiger partial charge in [-0.15, -0.1) is 0 Å². The molecule has 19 heavy (non-hydrogen) atoms. The minimum Gasteiger partial charge on any atom is -0.380 e. The van der Waals surface area contributed by atoms with Crippen LogP contribution < -0.4 is 11.1 Å². The molecule has 0 aliphatic carbocycles. The molecule has 0 fully saturated rings. The summed E-state index contributed by atoms with van der Waals surface area (Å²) < 4.78 is 12.9. The molecule has 5 heteroatoms. The van der Waals surface area contributed by atoms with Crippen LogP contribution in [0.4, 0.5) is 10.1 Å². The van der Waals surface area contributed by atoms with Gasteiger partial charge in [0.05, 0.1) is 10.7 Å². The van der Waals surface area contributed by atoms with E-state index < -0.39 is 11.7 Å². The first-order chi connectivity index (χ1) is 9.08. The maximum atomic E-state index is 12.9. The molecule has 2 rings (SSSR count). The zero-order valence-corrected chi connectivity index (χ0v) is 10.7. The average Bonchev–Trinajstić information content (AvgIpc) is 2.38. The second-order valence-corrected chi connectivity index (χ2v) is 4.41. The molecule has 0 saturated heterocycles. The molecular weight excluding hydrogens is 267 g/mol. The van der Waals surface area contributed by atoms with Gasteiger partial charge in [0.2, 0.25) is 5.91 Å². The molecule has 0 heterocycles. The highest BCUT2D eigenvalue weighted by atomic mass is 35.5. The first kappa shape index (κ1) is 13.4. The Hall–Kier alpha value is -2.07. The van der Waals surface area contributed by atoms with Crippen LogP contribution in [0.5, 0.6) is 0 Å². The van der Waals surface area contributed by atoms with Gasteiger partial charge in [-0.3, -0.25) is 4.79 Å². The van der Waals surface area contributed by atoms with Crippen LogP contribution in [0.2, 0.25) is 5.02 Å². The molecule has 2 aromatic rings. The lowest BCUT2D eigenvalue weighted by molar-refractivity contribution is 0.0999. The third-order valence-corrected chi connectivity index (χ3v) is 3.00. The fraction of sp³-hybridized carbons (Fsp3) is 0.0714. The maximum Gasteiger partial charge on any atom is 0.249 e. The van der Waals surface area contributed by atoms with E-state index in [-0.39, 0.29) is 5.02 Å². The number of nitrogens with two attached hydrogens (primary N) is 1. The molecule has 0 unspecified atom stereocenters. The second kappa shape index (κ2) is 5.71. The van der Waals surface area contributed by atoms with Gasteiger partial charge in [0.15, 0.2) is 0 Å². The number of rotatable bonds is 4. The summed E-state index contributed by atoms with van der Waals surface area (Å²) in [5, 5.41) is 3.33. The van der Waals surface area contributed by atoms with E-state index in [1.54, 1.807) is 24.3 Å². The molecule has 98 valence electrons. The molecular formula is C14H12ClFN2O. The minimum absolute atomic E-state index is 0.288. The van der Waals surface area contributed by atoms with Crippen LogP contribution in [0.15, 0.2) is 42.5 Å². The Kier molecular flexibility index (Phi) is 4.02. The average molecular weight is 279 g/mol. The predicted octanol–water partition coefficient (Wildman–Crippen LogP) is 3.19. The van der Waals surface area contributed by atoms with Gasteiger partial charge in [-0.2, -0.15) is 0 Å². The van der Waals surface area contributed by atoms with Crippen LogP contribution in [-0.4, -0.2) is 5.91 Å². The number of carbonyl (C=O) groups excluding carboxylic acids is 1. The van der Waals surface area contributed by atoms with Crippen molar-refractivity contribution >= 4 is 23.2 Å². The smallest absolute Gasteiger partial charge is 0.249 e. The number of hydrogen-bond donors (Lipinski definition) is 2. The fourth-order valence-corrected chi connectivity index (χ4v) is 1.97. The van der Waals surface area contributed by atoms with Gasteiger partial charge in [-0.1, -0.05) is 29.8 Å². The van der Waals surface area contributed by atoms with E-state index >= 15 is 0 Å². The summed E-state index contributed by atoms with van der Waals surface area (Å²) >= 11 is 5.90. The first-order valence-electron chi connectivity index (χ1n) is 5.64. The van der Waals surface area contributed by atoms with Crippen LogP contribution in [0.3, 0.4) is 0 Å². The Labute approximate surface area is 115 Å². The minimum atomic E-state index is -0.484. The van der Waals surface area contributed by atoms with Crippen molar-refractivity contribution < 1.29 is 9.18 Å². The topological polar surface area (TPSA) is 55.1 Å². The van der Waals surface area contributed by atoms with Gasteiger partial charge in [-0.25, -0.2) is 4.39 Å². The van der Waals surface area contributed by atoms with Gasteiger partial charge < -0.3 is 11.1 Å². The van der Waals surface area contributed by atoms with E-state index in [1.807, 2.05) is 6.07 Å². The van der Waals surface area contributed by atoms with Gasteiger partial charge in [-0.05, 0) is 29.8 Å². The Bertz CT molecular complexity index is 616. The zero-order valence-electron chi connectivity index (χ0n) is 9.99. The van der Waals surface area contributed by atoms with Crippen molar-refractivity contribution in [3.63, 3.8) is 0 Å². The Morgan fingerprint density at radius 2 is 2.00 bits per heavy atom. The van der Waals surface area contributed by atoms with Gasteiger partial charge in [0, 0.05) is 12.1 Å². The molecule has 1 amide bonds. The maximum absolute atomic E-state index is 12.9. The van der Waals surface area contributed by atoms with Crippen molar-refractivity contribution in [3.8, 4) is 0 Å². The monoisotopic (exact) mass is 278 g/mol. The number of benzene rings is 2. The summed E-state index contributed by atoms with van der Waals surface area (Å²) in [7, 11) is 0. The molecule has 0 atom stereocenters. The molecule has 0 spiro atoms. The lowest BCUT2D eigenvalue weighted by Gasteiger charge is -2.10. The number of anilines is 1.